The van der Waals surface area contributed by atoms with Gasteiger partial charge < -0.3 is 15.6 Å². The lowest BCUT2D eigenvalue weighted by Crippen LogP contribution is -2.29. The number of methoxy groups -OCH3 is 1. The summed E-state index contributed by atoms with van der Waals surface area (Å²) in [5.74, 6) is -0.988. The molecule has 1 rings (SSSR count). The fraction of sp³-hybridized carbons (Fsp3) is 0.143. The van der Waals surface area contributed by atoms with Crippen molar-refractivity contribution in [3.05, 3.63) is 11.8 Å². The summed E-state index contributed by atoms with van der Waals surface area (Å²) in [6, 6.07) is 1.18. The molecule has 8 nitrogen and oxygen atoms in total. The summed E-state index contributed by atoms with van der Waals surface area (Å²) < 4.78 is 4.73. The largest absolute Gasteiger partial charge is 0.481 e. The van der Waals surface area contributed by atoms with Gasteiger partial charge in [-0.1, -0.05) is 0 Å². The number of ether oxygens (including phenoxy) is 1. The van der Waals surface area contributed by atoms with Crippen LogP contribution in [0, 0.1) is 0 Å². The smallest absolute Gasteiger partial charge is 0.411 e. The van der Waals surface area contributed by atoms with E-state index >= 15 is 0 Å². The predicted octanol–water partition coefficient (Wildman–Crippen LogP) is -0.525. The van der Waals surface area contributed by atoms with Gasteiger partial charge in [0.2, 0.25) is 11.8 Å². The van der Waals surface area contributed by atoms with Crippen LogP contribution in [0.15, 0.2) is 6.07 Å². The molecule has 0 spiro atoms. The minimum absolute atomic E-state index is 0.0815. The molecule has 2 amide bonds. The third kappa shape index (κ3) is 2.79. The zero-order valence-corrected chi connectivity index (χ0v) is 7.72. The van der Waals surface area contributed by atoms with E-state index in [1.54, 1.807) is 5.32 Å². The van der Waals surface area contributed by atoms with Gasteiger partial charge in [0.05, 0.1) is 7.11 Å². The first-order chi connectivity index (χ1) is 7.02. The maximum absolute atomic E-state index is 11.2. The Labute approximate surface area is 84.1 Å². The lowest BCUT2D eigenvalue weighted by atomic mass is 10.4. The van der Waals surface area contributed by atoms with Crippen LogP contribution in [0.1, 0.15) is 10.5 Å². The average molecular weight is 212 g/mol. The van der Waals surface area contributed by atoms with E-state index in [1.165, 1.54) is 13.2 Å². The molecule has 80 valence electrons. The molecule has 8 heteroatoms. The second kappa shape index (κ2) is 4.22. The number of hydrogen-bond acceptors (Lipinski definition) is 6. The molecule has 1 aromatic heterocycles. The van der Waals surface area contributed by atoms with E-state index in [1.807, 2.05) is 0 Å². The average Bonchev–Trinajstić information content (AvgIpc) is 2.15. The second-order valence-electron chi connectivity index (χ2n) is 2.41. The summed E-state index contributed by atoms with van der Waals surface area (Å²) in [5.41, 5.74) is 5.10. The van der Waals surface area contributed by atoms with Crippen molar-refractivity contribution in [1.82, 2.24) is 15.3 Å². The van der Waals surface area contributed by atoms with Gasteiger partial charge in [0.25, 0.3) is 5.91 Å². The molecule has 0 atom stereocenters. The Kier molecular flexibility index (Phi) is 3.01. The molecule has 15 heavy (non-hydrogen) atoms. The molecular weight excluding hydrogens is 204 g/mol. The van der Waals surface area contributed by atoms with Crippen LogP contribution in [-0.4, -0.2) is 34.2 Å². The van der Waals surface area contributed by atoms with Crippen LogP contribution in [-0.2, 0) is 0 Å². The van der Waals surface area contributed by atoms with Crippen LogP contribution >= 0.6 is 0 Å². The fourth-order valence-corrected chi connectivity index (χ4v) is 0.825. The highest BCUT2D eigenvalue weighted by molar-refractivity contribution is 6.01. The van der Waals surface area contributed by atoms with Crippen molar-refractivity contribution in [1.29, 1.82) is 0 Å². The van der Waals surface area contributed by atoms with Crippen molar-refractivity contribution >= 4 is 17.9 Å². The Morgan fingerprint density at radius 1 is 1.53 bits per heavy atom. The summed E-state index contributed by atoms with van der Waals surface area (Å²) in [7, 11) is 1.33. The highest BCUT2D eigenvalue weighted by Crippen LogP contribution is 2.09. The Hall–Kier alpha value is -2.38. The number of carbonyl (C=O) groups excluding carboxylic acids is 1. The van der Waals surface area contributed by atoms with Gasteiger partial charge in [-0.2, -0.15) is 4.98 Å². The van der Waals surface area contributed by atoms with E-state index in [4.69, 9.17) is 15.6 Å². The first-order valence-electron chi connectivity index (χ1n) is 3.75. The molecule has 1 heterocycles. The fourth-order valence-electron chi connectivity index (χ4n) is 0.825. The third-order valence-electron chi connectivity index (χ3n) is 1.38. The SMILES string of the molecule is COc1cc(C(=O)NC(=O)O)nc(N)n1. The van der Waals surface area contributed by atoms with E-state index in [9.17, 15) is 9.59 Å². The van der Waals surface area contributed by atoms with Crippen LogP contribution in [0.5, 0.6) is 5.88 Å². The lowest BCUT2D eigenvalue weighted by Gasteiger charge is -2.03. The number of nitrogen functional groups attached to an aromatic ring is 1. The van der Waals surface area contributed by atoms with E-state index in [-0.39, 0.29) is 17.5 Å². The summed E-state index contributed by atoms with van der Waals surface area (Å²) in [4.78, 5) is 28.5. The predicted molar refractivity (Wildman–Crippen MR) is 48.5 cm³/mol. The number of nitrogens with one attached hydrogen (secondary N) is 1. The van der Waals surface area contributed by atoms with Crippen molar-refractivity contribution in [3.63, 3.8) is 0 Å². The zero-order valence-electron chi connectivity index (χ0n) is 7.72. The Balaban J connectivity index is 2.98. The number of carboxylic acid groups (broad SMARTS) is 1. The number of nitrogens with two attached hydrogens (primary N) is 1. The second-order valence-corrected chi connectivity index (χ2v) is 2.41. The van der Waals surface area contributed by atoms with Gasteiger partial charge in [0.15, 0.2) is 0 Å². The van der Waals surface area contributed by atoms with Crippen LogP contribution in [0.3, 0.4) is 0 Å². The van der Waals surface area contributed by atoms with Crippen LogP contribution in [0.2, 0.25) is 0 Å². The number of carbonyl (C=O) groups is 2. The van der Waals surface area contributed by atoms with Crippen molar-refractivity contribution in [2.75, 3.05) is 12.8 Å². The zero-order chi connectivity index (χ0) is 11.4. The number of anilines is 1. The first kappa shape index (κ1) is 10.7. The maximum Gasteiger partial charge on any atom is 0.411 e. The minimum atomic E-state index is -1.48. The molecule has 1 aromatic rings. The summed E-state index contributed by atoms with van der Waals surface area (Å²) in [5, 5.41) is 9.92. The van der Waals surface area contributed by atoms with Gasteiger partial charge in [0.1, 0.15) is 5.69 Å². The molecule has 4 N–H and O–H groups in total. The number of imide groups is 1. The Morgan fingerprint density at radius 2 is 2.20 bits per heavy atom. The molecule has 0 aromatic carbocycles. The number of aromatic nitrogens is 2. The van der Waals surface area contributed by atoms with Crippen molar-refractivity contribution in [2.24, 2.45) is 0 Å². The molecular formula is C7H8N4O4. The summed E-state index contributed by atoms with van der Waals surface area (Å²) >= 11 is 0. The number of rotatable bonds is 2. The van der Waals surface area contributed by atoms with Crippen molar-refractivity contribution < 1.29 is 19.4 Å². The van der Waals surface area contributed by atoms with Gasteiger partial charge in [-0.05, 0) is 0 Å². The van der Waals surface area contributed by atoms with Crippen LogP contribution in [0.25, 0.3) is 0 Å². The van der Waals surface area contributed by atoms with Gasteiger partial charge in [-0.3, -0.25) is 10.1 Å². The summed E-state index contributed by atoms with van der Waals surface area (Å²) in [6.07, 6.45) is -1.48. The van der Waals surface area contributed by atoms with Crippen LogP contribution in [0.4, 0.5) is 10.7 Å². The number of amides is 2. The molecule has 0 saturated carbocycles. The number of hydrogen-bond donors (Lipinski definition) is 3. The van der Waals surface area contributed by atoms with Gasteiger partial charge in [-0.15, -0.1) is 0 Å². The van der Waals surface area contributed by atoms with E-state index < -0.39 is 12.0 Å². The van der Waals surface area contributed by atoms with Gasteiger partial charge in [-0.25, -0.2) is 9.78 Å². The molecule has 0 aliphatic heterocycles. The van der Waals surface area contributed by atoms with Crippen molar-refractivity contribution in [2.45, 2.75) is 0 Å². The molecule has 0 aliphatic carbocycles. The van der Waals surface area contributed by atoms with Gasteiger partial charge >= 0.3 is 6.09 Å². The van der Waals surface area contributed by atoms with E-state index in [2.05, 4.69) is 9.97 Å². The normalized spacial score (nSPS) is 9.40. The third-order valence-corrected chi connectivity index (χ3v) is 1.38. The molecule has 0 bridgehead atoms. The Bertz CT molecular complexity index is 406. The topological polar surface area (TPSA) is 127 Å². The first-order valence-corrected chi connectivity index (χ1v) is 3.75. The summed E-state index contributed by atoms with van der Waals surface area (Å²) in [6.45, 7) is 0. The molecule has 0 saturated heterocycles. The standard InChI is InChI=1S/C7H8N4O4/c1-15-4-2-3(9-6(8)10-4)5(12)11-7(13)14/h2H,1H3,(H,11,12)(H,13,14)(H2,8,9,10). The van der Waals surface area contributed by atoms with E-state index in [0.717, 1.165) is 0 Å². The molecule has 0 aliphatic rings. The van der Waals surface area contributed by atoms with E-state index in [0.29, 0.717) is 0 Å². The lowest BCUT2D eigenvalue weighted by molar-refractivity contribution is 0.0942. The highest BCUT2D eigenvalue weighted by Gasteiger charge is 2.13. The number of nitrogens with zero attached hydrogens (tertiary/aromatic N) is 2. The maximum atomic E-state index is 11.2. The van der Waals surface area contributed by atoms with Crippen LogP contribution < -0.4 is 15.8 Å². The molecule has 0 radical (unpaired) electrons. The molecule has 0 unspecified atom stereocenters. The Morgan fingerprint density at radius 3 is 2.73 bits per heavy atom. The molecule has 0 fully saturated rings. The highest BCUT2D eigenvalue weighted by atomic mass is 16.5. The monoisotopic (exact) mass is 212 g/mol. The van der Waals surface area contributed by atoms with Gasteiger partial charge in [0, 0.05) is 6.07 Å². The quantitative estimate of drug-likeness (QED) is 0.601. The van der Waals surface area contributed by atoms with Crippen molar-refractivity contribution in [3.8, 4) is 5.88 Å². The minimum Gasteiger partial charge on any atom is -0.481 e.